The van der Waals surface area contributed by atoms with Gasteiger partial charge in [-0.2, -0.15) is 0 Å². The van der Waals surface area contributed by atoms with E-state index >= 15 is 0 Å². The van der Waals surface area contributed by atoms with Crippen LogP contribution in [-0.4, -0.2) is 18.9 Å². The Labute approximate surface area is 174 Å². The molecule has 0 aromatic heterocycles. The summed E-state index contributed by atoms with van der Waals surface area (Å²) in [4.78, 5) is 25.4. The molecule has 0 bridgehead atoms. The Balaban J connectivity index is 1.62. The summed E-state index contributed by atoms with van der Waals surface area (Å²) in [6.45, 7) is 3.76. The Kier molecular flexibility index (Phi) is 5.11. The number of methoxy groups -OCH3 is 1. The third kappa shape index (κ3) is 3.57. The minimum absolute atomic E-state index is 0.198. The highest BCUT2D eigenvalue weighted by molar-refractivity contribution is 6.15. The molecule has 30 heavy (non-hydrogen) atoms. The average molecular weight is 400 g/mol. The maximum atomic E-state index is 12.7. The predicted octanol–water partition coefficient (Wildman–Crippen LogP) is 5.15. The number of allylic oxidation sites excluding steroid dienone is 1. The SMILES string of the molecule is COc1ccccc1C(=O)Oc1ccc2c(c1C)O/C(=C\c1ccc(C)cc1)C2=O. The van der Waals surface area contributed by atoms with Crippen molar-refractivity contribution < 1.29 is 23.8 Å². The first kappa shape index (κ1) is 19.5. The van der Waals surface area contributed by atoms with Gasteiger partial charge in [0.1, 0.15) is 22.8 Å². The van der Waals surface area contributed by atoms with Crippen molar-refractivity contribution >= 4 is 17.8 Å². The van der Waals surface area contributed by atoms with Crippen LogP contribution in [0.15, 0.2) is 66.4 Å². The van der Waals surface area contributed by atoms with Gasteiger partial charge in [0, 0.05) is 5.56 Å². The highest BCUT2D eigenvalue weighted by Crippen LogP contribution is 2.39. The molecule has 3 aromatic rings. The Hall–Kier alpha value is -3.86. The average Bonchev–Trinajstić information content (AvgIpc) is 3.07. The zero-order valence-corrected chi connectivity index (χ0v) is 16.9. The first-order valence-corrected chi connectivity index (χ1v) is 9.47. The van der Waals surface area contributed by atoms with Gasteiger partial charge in [-0.15, -0.1) is 0 Å². The normalized spacial score (nSPS) is 13.7. The van der Waals surface area contributed by atoms with Crippen molar-refractivity contribution in [2.24, 2.45) is 0 Å². The lowest BCUT2D eigenvalue weighted by atomic mass is 10.1. The molecular formula is C25H20O5. The molecule has 1 aliphatic heterocycles. The molecular weight excluding hydrogens is 380 g/mol. The number of hydrogen-bond acceptors (Lipinski definition) is 5. The summed E-state index contributed by atoms with van der Waals surface area (Å²) in [6.07, 6.45) is 1.71. The van der Waals surface area contributed by atoms with E-state index in [1.54, 1.807) is 49.4 Å². The van der Waals surface area contributed by atoms with Crippen LogP contribution in [0.3, 0.4) is 0 Å². The number of carbonyl (C=O) groups excluding carboxylic acids is 2. The molecule has 5 nitrogen and oxygen atoms in total. The van der Waals surface area contributed by atoms with Crippen LogP contribution < -0.4 is 14.2 Å². The van der Waals surface area contributed by atoms with Gasteiger partial charge in [-0.05, 0) is 49.8 Å². The summed E-state index contributed by atoms with van der Waals surface area (Å²) in [5.41, 5.74) is 3.35. The summed E-state index contributed by atoms with van der Waals surface area (Å²) in [7, 11) is 1.49. The molecule has 1 heterocycles. The Morgan fingerprint density at radius 2 is 1.67 bits per heavy atom. The number of ether oxygens (including phenoxy) is 3. The van der Waals surface area contributed by atoms with E-state index in [4.69, 9.17) is 14.2 Å². The van der Waals surface area contributed by atoms with Gasteiger partial charge in [0.05, 0.1) is 12.7 Å². The lowest BCUT2D eigenvalue weighted by molar-refractivity contribution is 0.0729. The van der Waals surface area contributed by atoms with Gasteiger partial charge in [0.2, 0.25) is 5.78 Å². The predicted molar refractivity (Wildman–Crippen MR) is 113 cm³/mol. The summed E-state index contributed by atoms with van der Waals surface area (Å²) < 4.78 is 16.6. The van der Waals surface area contributed by atoms with Gasteiger partial charge in [-0.25, -0.2) is 4.79 Å². The maximum absolute atomic E-state index is 12.7. The van der Waals surface area contributed by atoms with Crippen molar-refractivity contribution in [2.45, 2.75) is 13.8 Å². The largest absolute Gasteiger partial charge is 0.496 e. The van der Waals surface area contributed by atoms with Crippen LogP contribution in [-0.2, 0) is 0 Å². The summed E-state index contributed by atoms with van der Waals surface area (Å²) >= 11 is 0. The van der Waals surface area contributed by atoms with Crippen molar-refractivity contribution in [1.82, 2.24) is 0 Å². The quantitative estimate of drug-likeness (QED) is 0.344. The van der Waals surface area contributed by atoms with E-state index < -0.39 is 5.97 Å². The van der Waals surface area contributed by atoms with Gasteiger partial charge in [-0.3, -0.25) is 4.79 Å². The van der Waals surface area contributed by atoms with E-state index in [-0.39, 0.29) is 11.5 Å². The van der Waals surface area contributed by atoms with Crippen LogP contribution in [0.1, 0.15) is 37.4 Å². The number of aryl methyl sites for hydroxylation is 1. The van der Waals surface area contributed by atoms with Crippen LogP contribution in [0.2, 0.25) is 0 Å². The summed E-state index contributed by atoms with van der Waals surface area (Å²) in [6, 6.07) is 17.9. The highest BCUT2D eigenvalue weighted by atomic mass is 16.5. The van der Waals surface area contributed by atoms with Crippen molar-refractivity contribution in [3.05, 3.63) is 94.2 Å². The third-order valence-electron chi connectivity index (χ3n) is 4.94. The van der Waals surface area contributed by atoms with Crippen molar-refractivity contribution in [3.8, 4) is 17.2 Å². The Morgan fingerprint density at radius 1 is 0.933 bits per heavy atom. The van der Waals surface area contributed by atoms with E-state index in [9.17, 15) is 9.59 Å². The molecule has 5 heteroatoms. The van der Waals surface area contributed by atoms with E-state index in [2.05, 4.69) is 0 Å². The molecule has 3 aromatic carbocycles. The molecule has 0 radical (unpaired) electrons. The molecule has 150 valence electrons. The topological polar surface area (TPSA) is 61.8 Å². The molecule has 0 saturated heterocycles. The zero-order chi connectivity index (χ0) is 21.3. The molecule has 0 atom stereocenters. The highest BCUT2D eigenvalue weighted by Gasteiger charge is 2.30. The third-order valence-corrected chi connectivity index (χ3v) is 4.94. The number of esters is 1. The van der Waals surface area contributed by atoms with Crippen LogP contribution in [0, 0.1) is 13.8 Å². The monoisotopic (exact) mass is 400 g/mol. The van der Waals surface area contributed by atoms with E-state index in [0.717, 1.165) is 11.1 Å². The number of fused-ring (bicyclic) bond motifs is 1. The molecule has 0 spiro atoms. The molecule has 0 saturated carbocycles. The first-order chi connectivity index (χ1) is 14.5. The van der Waals surface area contributed by atoms with Gasteiger partial charge in [0.15, 0.2) is 5.76 Å². The minimum Gasteiger partial charge on any atom is -0.496 e. The fourth-order valence-corrected chi connectivity index (χ4v) is 3.26. The summed E-state index contributed by atoms with van der Waals surface area (Å²) in [5, 5.41) is 0. The van der Waals surface area contributed by atoms with E-state index in [0.29, 0.717) is 33.9 Å². The minimum atomic E-state index is -0.546. The van der Waals surface area contributed by atoms with Gasteiger partial charge in [-0.1, -0.05) is 42.0 Å². The van der Waals surface area contributed by atoms with Gasteiger partial charge >= 0.3 is 5.97 Å². The van der Waals surface area contributed by atoms with Crippen molar-refractivity contribution in [3.63, 3.8) is 0 Å². The maximum Gasteiger partial charge on any atom is 0.347 e. The van der Waals surface area contributed by atoms with Crippen LogP contribution in [0.25, 0.3) is 6.08 Å². The molecule has 4 rings (SSSR count). The number of benzene rings is 3. The number of para-hydroxylation sites is 1. The second-order valence-electron chi connectivity index (χ2n) is 7.01. The van der Waals surface area contributed by atoms with Crippen LogP contribution in [0.5, 0.6) is 17.2 Å². The zero-order valence-electron chi connectivity index (χ0n) is 16.9. The number of hydrogen-bond donors (Lipinski definition) is 0. The van der Waals surface area contributed by atoms with E-state index in [1.807, 2.05) is 31.2 Å². The van der Waals surface area contributed by atoms with E-state index in [1.165, 1.54) is 7.11 Å². The van der Waals surface area contributed by atoms with Crippen LogP contribution >= 0.6 is 0 Å². The fraction of sp³-hybridized carbons (Fsp3) is 0.120. The molecule has 0 aliphatic carbocycles. The molecule has 0 unspecified atom stereocenters. The standard InChI is InChI=1S/C25H20O5/c1-15-8-10-17(11-9-15)14-22-23(26)19-12-13-20(16(2)24(19)29-22)30-25(27)18-6-4-5-7-21(18)28-3/h4-14H,1-3H3/b22-14-. The summed E-state index contributed by atoms with van der Waals surface area (Å²) in [5.74, 6) is 0.658. The Bertz CT molecular complexity index is 1170. The van der Waals surface area contributed by atoms with Gasteiger partial charge < -0.3 is 14.2 Å². The van der Waals surface area contributed by atoms with Gasteiger partial charge in [0.25, 0.3) is 0 Å². The lowest BCUT2D eigenvalue weighted by Gasteiger charge is -2.11. The Morgan fingerprint density at radius 3 is 2.40 bits per heavy atom. The molecule has 1 aliphatic rings. The number of carbonyl (C=O) groups is 2. The molecule has 0 N–H and O–H groups in total. The fourth-order valence-electron chi connectivity index (χ4n) is 3.26. The number of ketones is 1. The molecule has 0 amide bonds. The second-order valence-corrected chi connectivity index (χ2v) is 7.01. The smallest absolute Gasteiger partial charge is 0.347 e. The van der Waals surface area contributed by atoms with Crippen LogP contribution in [0.4, 0.5) is 0 Å². The first-order valence-electron chi connectivity index (χ1n) is 9.47. The number of rotatable bonds is 4. The van der Waals surface area contributed by atoms with Crippen molar-refractivity contribution in [1.29, 1.82) is 0 Å². The second kappa shape index (κ2) is 7.87. The lowest BCUT2D eigenvalue weighted by Crippen LogP contribution is -2.11. The molecule has 0 fully saturated rings. The van der Waals surface area contributed by atoms with Crippen molar-refractivity contribution in [2.75, 3.05) is 7.11 Å². The number of Topliss-reactive ketones (excluding diaryl/α,β-unsaturated/α-hetero) is 1.